The number of benzene rings is 2. The van der Waals surface area contributed by atoms with Gasteiger partial charge in [0.2, 0.25) is 17.7 Å². The number of primary amides is 1. The Labute approximate surface area is 258 Å². The Hall–Kier alpha value is -4.04. The van der Waals surface area contributed by atoms with Crippen LogP contribution in [0.4, 0.5) is 0 Å². The summed E-state index contributed by atoms with van der Waals surface area (Å²) in [4.78, 5) is 29.0. The van der Waals surface area contributed by atoms with E-state index in [1.807, 2.05) is 62.7 Å². The van der Waals surface area contributed by atoms with Gasteiger partial charge in [-0.15, -0.1) is 15.9 Å². The van der Waals surface area contributed by atoms with Crippen LogP contribution >= 0.6 is 10.8 Å². The summed E-state index contributed by atoms with van der Waals surface area (Å²) in [6, 6.07) is 13.2. The van der Waals surface area contributed by atoms with Gasteiger partial charge in [0.15, 0.2) is 0 Å². The summed E-state index contributed by atoms with van der Waals surface area (Å²) < 4.78 is 32.6. The Balaban J connectivity index is 1.55. The second-order valence-electron chi connectivity index (χ2n) is 11.0. The molecule has 0 radical (unpaired) electrons. The van der Waals surface area contributed by atoms with Crippen molar-refractivity contribution in [3.63, 3.8) is 0 Å². The molecule has 5 rings (SSSR count). The Morgan fingerprint density at radius 3 is 2.70 bits per heavy atom. The van der Waals surface area contributed by atoms with Gasteiger partial charge < -0.3 is 15.8 Å². The van der Waals surface area contributed by atoms with E-state index in [0.717, 1.165) is 38.9 Å². The first kappa shape index (κ1) is 31.4. The number of aromatic nitrogens is 4. The monoisotopic (exact) mass is 621 g/mol. The summed E-state index contributed by atoms with van der Waals surface area (Å²) in [6.45, 7) is 8.88. The van der Waals surface area contributed by atoms with Crippen LogP contribution in [0.5, 0.6) is 5.88 Å². The van der Waals surface area contributed by atoms with Crippen molar-refractivity contribution in [3.8, 4) is 5.88 Å². The van der Waals surface area contributed by atoms with Crippen LogP contribution in [-0.2, 0) is 22.7 Å². The number of nitrogens with zero attached hydrogens (tertiary/aromatic N) is 5. The van der Waals surface area contributed by atoms with Gasteiger partial charge in [-0.1, -0.05) is 36.4 Å². The number of hydrogen-bond donors (Lipinski definition) is 4. The molecule has 0 saturated heterocycles. The predicted octanol–water partition coefficient (Wildman–Crippen LogP) is 4.28. The van der Waals surface area contributed by atoms with Crippen molar-refractivity contribution in [1.29, 1.82) is 0 Å². The van der Waals surface area contributed by atoms with Crippen LogP contribution in [-0.4, -0.2) is 64.4 Å². The van der Waals surface area contributed by atoms with Crippen LogP contribution in [0.3, 0.4) is 0 Å². The third kappa shape index (κ3) is 6.27. The molecule has 2 atom stereocenters. The summed E-state index contributed by atoms with van der Waals surface area (Å²) in [5, 5.41) is 11.3. The van der Waals surface area contributed by atoms with E-state index >= 15 is 0 Å². The van der Waals surface area contributed by atoms with E-state index in [-0.39, 0.29) is 48.2 Å². The molecule has 3 heterocycles. The fraction of sp³-hybridized carbons (Fsp3) is 0.387. The van der Waals surface area contributed by atoms with Gasteiger partial charge in [-0.25, -0.2) is 9.67 Å². The fourth-order valence-electron chi connectivity index (χ4n) is 5.62. The Morgan fingerprint density at radius 2 is 1.98 bits per heavy atom. The molecule has 2 aromatic heterocycles. The average Bonchev–Trinajstić information content (AvgIpc) is 3.39. The normalized spacial score (nSPS) is 17.7. The molecule has 1 aliphatic rings. The van der Waals surface area contributed by atoms with Gasteiger partial charge in [-0.3, -0.25) is 18.7 Å². The minimum atomic E-state index is -3.41. The molecule has 0 unspecified atom stereocenters. The highest BCUT2D eigenvalue weighted by molar-refractivity contribution is 8.22. The number of ether oxygens (including phenoxy) is 1. The van der Waals surface area contributed by atoms with Crippen LogP contribution < -0.4 is 15.8 Å². The van der Waals surface area contributed by atoms with Gasteiger partial charge in [-0.05, 0) is 73.2 Å². The first-order valence-corrected chi connectivity index (χ1v) is 16.2. The molecule has 2 amide bonds. The SMILES string of the molecule is CC[C@@H]1CN(Cc2cc([C@H](CC(=O)NCC(N)=O)c3ccc4c(nnn4CC)c3C)ccc2C)S(O)(O)c2cccnc2O1. The fourth-order valence-corrected chi connectivity index (χ4v) is 7.19. The lowest BCUT2D eigenvalue weighted by atomic mass is 9.84. The number of carbonyl (C=O) groups excluding carboxylic acids is 2. The Kier molecular flexibility index (Phi) is 9.20. The zero-order valence-corrected chi connectivity index (χ0v) is 26.2. The van der Waals surface area contributed by atoms with Crippen LogP contribution in [0.15, 0.2) is 53.6 Å². The highest BCUT2D eigenvalue weighted by Crippen LogP contribution is 2.57. The van der Waals surface area contributed by atoms with Crippen LogP contribution in [0.2, 0.25) is 0 Å². The number of hydrogen-bond acceptors (Lipinski definition) is 9. The summed E-state index contributed by atoms with van der Waals surface area (Å²) in [5.41, 5.74) is 11.5. The van der Waals surface area contributed by atoms with Crippen molar-refractivity contribution in [2.24, 2.45) is 5.73 Å². The zero-order valence-electron chi connectivity index (χ0n) is 25.4. The first-order valence-electron chi connectivity index (χ1n) is 14.7. The minimum absolute atomic E-state index is 0.0632. The predicted molar refractivity (Wildman–Crippen MR) is 168 cm³/mol. The molecule has 0 fully saturated rings. The molecule has 0 aliphatic carbocycles. The number of nitrogens with two attached hydrogens (primary N) is 1. The molecule has 234 valence electrons. The van der Waals surface area contributed by atoms with Crippen LogP contribution in [0.1, 0.15) is 60.4 Å². The molecule has 1 aliphatic heterocycles. The van der Waals surface area contributed by atoms with E-state index in [2.05, 4.69) is 20.6 Å². The first-order chi connectivity index (χ1) is 21.0. The van der Waals surface area contributed by atoms with Crippen molar-refractivity contribution in [2.45, 2.75) is 70.5 Å². The van der Waals surface area contributed by atoms with Crippen LogP contribution in [0.25, 0.3) is 11.0 Å². The van der Waals surface area contributed by atoms with E-state index < -0.39 is 16.7 Å². The standard InChI is InChI=1S/C31H39N7O5S/c1-5-23-18-37(44(41,42)27-8-7-13-33-31(27)43-23)17-22-14-21(10-9-19(22)3)25(15-29(40)34-16-28(32)39)24-11-12-26-30(20(24)4)35-36-38(26)6-2/h7-14,23,25,41-42H,5-6,15-18H2,1-4H3,(H2,32,39)(H,34,40)/t23-,25+/m1/s1. The summed E-state index contributed by atoms with van der Waals surface area (Å²) >= 11 is 0. The number of pyridine rings is 1. The summed E-state index contributed by atoms with van der Waals surface area (Å²) in [5.74, 6) is -1.09. The van der Waals surface area contributed by atoms with Gasteiger partial charge in [0, 0.05) is 31.6 Å². The van der Waals surface area contributed by atoms with E-state index in [1.54, 1.807) is 22.6 Å². The van der Waals surface area contributed by atoms with Crippen molar-refractivity contribution >= 4 is 33.6 Å². The minimum Gasteiger partial charge on any atom is -0.472 e. The molecule has 13 heteroatoms. The number of rotatable bonds is 10. The number of fused-ring (bicyclic) bond motifs is 2. The van der Waals surface area contributed by atoms with Crippen molar-refractivity contribution < 1.29 is 23.4 Å². The smallest absolute Gasteiger partial charge is 0.239 e. The highest BCUT2D eigenvalue weighted by atomic mass is 32.3. The van der Waals surface area contributed by atoms with Gasteiger partial charge in [0.1, 0.15) is 16.5 Å². The maximum absolute atomic E-state index is 13.1. The average molecular weight is 622 g/mol. The summed E-state index contributed by atoms with van der Waals surface area (Å²) in [7, 11) is -3.41. The quantitative estimate of drug-likeness (QED) is 0.202. The van der Waals surface area contributed by atoms with Gasteiger partial charge >= 0.3 is 0 Å². The third-order valence-corrected chi connectivity index (χ3v) is 10.1. The molecule has 0 saturated carbocycles. The van der Waals surface area contributed by atoms with Crippen molar-refractivity contribution in [3.05, 3.63) is 76.5 Å². The highest BCUT2D eigenvalue weighted by Gasteiger charge is 2.36. The lowest BCUT2D eigenvalue weighted by Crippen LogP contribution is -2.34. The maximum atomic E-state index is 13.1. The van der Waals surface area contributed by atoms with Crippen molar-refractivity contribution in [2.75, 3.05) is 13.1 Å². The van der Waals surface area contributed by atoms with E-state index in [1.165, 1.54) is 0 Å². The second kappa shape index (κ2) is 12.9. The van der Waals surface area contributed by atoms with Crippen molar-refractivity contribution in [1.82, 2.24) is 29.6 Å². The largest absolute Gasteiger partial charge is 0.472 e. The zero-order chi connectivity index (χ0) is 31.6. The van der Waals surface area contributed by atoms with Gasteiger partial charge in [0.25, 0.3) is 0 Å². The number of amides is 2. The molecule has 0 spiro atoms. The molecule has 4 aromatic rings. The summed E-state index contributed by atoms with van der Waals surface area (Å²) in [6.07, 6.45) is 2.02. The molecule has 44 heavy (non-hydrogen) atoms. The van der Waals surface area contributed by atoms with E-state index in [9.17, 15) is 18.7 Å². The van der Waals surface area contributed by atoms with Gasteiger partial charge in [0.05, 0.1) is 18.6 Å². The molecular weight excluding hydrogens is 582 g/mol. The molecule has 2 aromatic carbocycles. The molecule has 0 bridgehead atoms. The van der Waals surface area contributed by atoms with Crippen LogP contribution in [0, 0.1) is 13.8 Å². The second-order valence-corrected chi connectivity index (χ2v) is 13.0. The number of carbonyl (C=O) groups is 2. The van der Waals surface area contributed by atoms with E-state index in [0.29, 0.717) is 19.5 Å². The number of aryl methyl sites for hydroxylation is 3. The molecular formula is C31H39N7O5S. The number of nitrogens with one attached hydrogen (secondary N) is 1. The lowest BCUT2D eigenvalue weighted by molar-refractivity contribution is -0.124. The Morgan fingerprint density at radius 1 is 1.18 bits per heavy atom. The van der Waals surface area contributed by atoms with Gasteiger partial charge in [-0.2, -0.15) is 4.31 Å². The lowest BCUT2D eigenvalue weighted by Gasteiger charge is -2.41. The van der Waals surface area contributed by atoms with E-state index in [4.69, 9.17) is 10.5 Å². The maximum Gasteiger partial charge on any atom is 0.239 e. The topological polar surface area (TPSA) is 169 Å². The molecule has 5 N–H and O–H groups in total. The third-order valence-electron chi connectivity index (χ3n) is 8.16. The molecule has 12 nitrogen and oxygen atoms in total. The Bertz CT molecular complexity index is 1690.